The zero-order chi connectivity index (χ0) is 24.0. The van der Waals surface area contributed by atoms with E-state index in [2.05, 4.69) is 72.7 Å². The second-order valence-electron chi connectivity index (χ2n) is 11.8. The van der Waals surface area contributed by atoms with Gasteiger partial charge < -0.3 is 13.6 Å². The van der Waals surface area contributed by atoms with Crippen LogP contribution in [-0.4, -0.2) is 45.0 Å². The van der Waals surface area contributed by atoms with E-state index in [1.165, 1.54) is 4.57 Å². The Morgan fingerprint density at radius 2 is 1.61 bits per heavy atom. The maximum absolute atomic E-state index is 12.5. The van der Waals surface area contributed by atoms with E-state index >= 15 is 0 Å². The average Bonchev–Trinajstić information content (AvgIpc) is 2.96. The number of hydrogen-bond donors (Lipinski definition) is 1. The van der Waals surface area contributed by atoms with Gasteiger partial charge in [-0.2, -0.15) is 0 Å². The topological polar surface area (TPSA) is 82.6 Å². The molecule has 1 aliphatic rings. The van der Waals surface area contributed by atoms with Crippen molar-refractivity contribution in [2.45, 2.75) is 110 Å². The van der Waals surface area contributed by atoms with E-state index in [1.807, 2.05) is 0 Å². The molecule has 0 saturated carbocycles. The fraction of sp³-hybridized carbons (Fsp3) is 0.818. The molecule has 1 aromatic rings. The van der Waals surface area contributed by atoms with Gasteiger partial charge in [-0.25, -0.2) is 4.79 Å². The molecule has 0 spiro atoms. The van der Waals surface area contributed by atoms with Crippen molar-refractivity contribution >= 4 is 16.6 Å². The molecule has 7 nitrogen and oxygen atoms in total. The number of aromatic nitrogens is 2. The number of ether oxygens (including phenoxy) is 1. The summed E-state index contributed by atoms with van der Waals surface area (Å²) in [7, 11) is -4.02. The van der Waals surface area contributed by atoms with Crippen LogP contribution >= 0.6 is 0 Å². The van der Waals surface area contributed by atoms with E-state index in [1.54, 1.807) is 13.1 Å². The number of H-pyrrole nitrogens is 1. The van der Waals surface area contributed by atoms with Crippen LogP contribution in [-0.2, 0) is 13.6 Å². The molecule has 1 N–H and O–H groups in total. The number of aryl methyl sites for hydroxylation is 1. The summed E-state index contributed by atoms with van der Waals surface area (Å²) >= 11 is 0. The van der Waals surface area contributed by atoms with E-state index in [-0.39, 0.29) is 27.8 Å². The van der Waals surface area contributed by atoms with Crippen LogP contribution < -0.4 is 11.2 Å². The summed E-state index contributed by atoms with van der Waals surface area (Å²) in [5.74, 6) is 0. The standard InChI is InChI=1S/C22H42N2O5Si2/c1-15-13-24(20(26)23-19(15)25)18-12-16(29-31(10,11)22(5,6)7)17(28-18)14-27-30(8,9)21(2,3)4/h13,16-18H,12,14H2,1-11H3,(H,23,25,26)/t16-,17-,18?/m1/s1. The predicted molar refractivity (Wildman–Crippen MR) is 130 cm³/mol. The Labute approximate surface area is 188 Å². The van der Waals surface area contributed by atoms with E-state index in [0.717, 1.165) is 0 Å². The summed E-state index contributed by atoms with van der Waals surface area (Å²) in [6.07, 6.45) is 1.18. The van der Waals surface area contributed by atoms with Gasteiger partial charge in [0.05, 0.1) is 12.7 Å². The number of nitrogens with zero attached hydrogens (tertiary/aromatic N) is 1. The highest BCUT2D eigenvalue weighted by molar-refractivity contribution is 6.74. The Morgan fingerprint density at radius 3 is 2.13 bits per heavy atom. The van der Waals surface area contributed by atoms with Gasteiger partial charge >= 0.3 is 5.69 Å². The van der Waals surface area contributed by atoms with Crippen molar-refractivity contribution in [3.05, 3.63) is 32.6 Å². The van der Waals surface area contributed by atoms with Gasteiger partial charge in [0, 0.05) is 18.2 Å². The third-order valence-corrected chi connectivity index (χ3v) is 16.3. The van der Waals surface area contributed by atoms with E-state index in [9.17, 15) is 9.59 Å². The molecule has 0 amide bonds. The van der Waals surface area contributed by atoms with Crippen molar-refractivity contribution in [3.63, 3.8) is 0 Å². The zero-order valence-electron chi connectivity index (χ0n) is 21.2. The molecule has 1 unspecified atom stereocenters. The molecule has 2 heterocycles. The first-order valence-corrected chi connectivity index (χ1v) is 17.0. The molecule has 31 heavy (non-hydrogen) atoms. The van der Waals surface area contributed by atoms with Crippen molar-refractivity contribution in [2.24, 2.45) is 0 Å². The molecule has 3 atom stereocenters. The SMILES string of the molecule is Cc1cn(C2C[C@@H](O[Si](C)(C)C(C)(C)C)[C@@H](CO[Si](C)(C)C(C)(C)C)O2)c(=O)[nH]c1=O. The smallest absolute Gasteiger partial charge is 0.330 e. The highest BCUT2D eigenvalue weighted by atomic mass is 28.4. The average molecular weight is 471 g/mol. The largest absolute Gasteiger partial charge is 0.414 e. The summed E-state index contributed by atoms with van der Waals surface area (Å²) in [6.45, 7) is 24.3. The molecule has 1 aromatic heterocycles. The first kappa shape index (κ1) is 26.2. The van der Waals surface area contributed by atoms with Gasteiger partial charge in [-0.1, -0.05) is 41.5 Å². The minimum atomic E-state index is -2.06. The number of aromatic amines is 1. The number of hydrogen-bond acceptors (Lipinski definition) is 5. The van der Waals surface area contributed by atoms with Gasteiger partial charge in [0.1, 0.15) is 12.3 Å². The van der Waals surface area contributed by atoms with Crippen LogP contribution in [0.2, 0.25) is 36.3 Å². The summed E-state index contributed by atoms with van der Waals surface area (Å²) in [5.41, 5.74) is -0.352. The molecule has 9 heteroatoms. The van der Waals surface area contributed by atoms with Crippen molar-refractivity contribution in [3.8, 4) is 0 Å². The van der Waals surface area contributed by atoms with Crippen LogP contribution in [0.5, 0.6) is 0 Å². The quantitative estimate of drug-likeness (QED) is 0.617. The summed E-state index contributed by atoms with van der Waals surface area (Å²) < 4.78 is 21.0. The summed E-state index contributed by atoms with van der Waals surface area (Å²) in [4.78, 5) is 26.6. The molecule has 1 fully saturated rings. The van der Waals surface area contributed by atoms with Crippen molar-refractivity contribution in [2.75, 3.05) is 6.61 Å². The Morgan fingerprint density at radius 1 is 1.06 bits per heavy atom. The third-order valence-electron chi connectivity index (χ3n) is 7.30. The Hall–Kier alpha value is -1.01. The van der Waals surface area contributed by atoms with Crippen LogP contribution in [0, 0.1) is 6.92 Å². The maximum Gasteiger partial charge on any atom is 0.330 e. The molecule has 2 rings (SSSR count). The predicted octanol–water partition coefficient (Wildman–Crippen LogP) is 4.54. The lowest BCUT2D eigenvalue weighted by molar-refractivity contribution is -0.0413. The third kappa shape index (κ3) is 5.87. The lowest BCUT2D eigenvalue weighted by Gasteiger charge is -2.40. The van der Waals surface area contributed by atoms with Crippen molar-refractivity contribution in [1.29, 1.82) is 0 Å². The minimum absolute atomic E-state index is 0.0569. The highest BCUT2D eigenvalue weighted by Gasteiger charge is 2.46. The molecule has 178 valence electrons. The molecule has 0 bridgehead atoms. The molecule has 0 radical (unpaired) electrons. The van der Waals surface area contributed by atoms with Gasteiger partial charge in [0.15, 0.2) is 16.6 Å². The summed E-state index contributed by atoms with van der Waals surface area (Å²) in [5, 5.41) is 0.148. The van der Waals surface area contributed by atoms with Crippen molar-refractivity contribution < 1.29 is 13.6 Å². The Kier molecular flexibility index (Phi) is 7.40. The normalized spacial score (nSPS) is 23.4. The number of rotatable bonds is 6. The maximum atomic E-state index is 12.5. The van der Waals surface area contributed by atoms with Gasteiger partial charge in [0.25, 0.3) is 5.56 Å². The van der Waals surface area contributed by atoms with E-state index < -0.39 is 28.6 Å². The molecule has 1 saturated heterocycles. The molecular formula is C22H42N2O5Si2. The first-order chi connectivity index (χ1) is 13.9. The minimum Gasteiger partial charge on any atom is -0.414 e. The fourth-order valence-corrected chi connectivity index (χ4v) is 5.38. The van der Waals surface area contributed by atoms with Crippen LogP contribution in [0.4, 0.5) is 0 Å². The van der Waals surface area contributed by atoms with Crippen molar-refractivity contribution in [1.82, 2.24) is 9.55 Å². The monoisotopic (exact) mass is 470 g/mol. The highest BCUT2D eigenvalue weighted by Crippen LogP contribution is 2.42. The number of nitrogens with one attached hydrogen (secondary N) is 1. The van der Waals surface area contributed by atoms with E-state index in [4.69, 9.17) is 13.6 Å². The summed E-state index contributed by atoms with van der Waals surface area (Å²) in [6, 6.07) is 0. The second-order valence-corrected chi connectivity index (χ2v) is 21.4. The molecular weight excluding hydrogens is 428 g/mol. The first-order valence-electron chi connectivity index (χ1n) is 11.1. The van der Waals surface area contributed by atoms with Gasteiger partial charge in [-0.15, -0.1) is 0 Å². The van der Waals surface area contributed by atoms with Crippen LogP contribution in [0.25, 0.3) is 0 Å². The van der Waals surface area contributed by atoms with Crippen LogP contribution in [0.3, 0.4) is 0 Å². The fourth-order valence-electron chi connectivity index (χ4n) is 3.01. The van der Waals surface area contributed by atoms with E-state index in [0.29, 0.717) is 18.6 Å². The Balaban J connectivity index is 2.32. The lowest BCUT2D eigenvalue weighted by Crippen LogP contribution is -2.48. The zero-order valence-corrected chi connectivity index (χ0v) is 23.2. The van der Waals surface area contributed by atoms with Crippen LogP contribution in [0.1, 0.15) is 59.8 Å². The Bertz CT molecular complexity index is 893. The second kappa shape index (κ2) is 8.74. The van der Waals surface area contributed by atoms with Crippen LogP contribution in [0.15, 0.2) is 15.8 Å². The molecule has 0 aliphatic carbocycles. The van der Waals surface area contributed by atoms with Gasteiger partial charge in [-0.05, 0) is 43.2 Å². The molecule has 0 aromatic carbocycles. The molecule has 1 aliphatic heterocycles. The van der Waals surface area contributed by atoms with Gasteiger partial charge in [-0.3, -0.25) is 14.3 Å². The van der Waals surface area contributed by atoms with Gasteiger partial charge in [0.2, 0.25) is 0 Å². The lowest BCUT2D eigenvalue weighted by atomic mass is 10.2.